The fourth-order valence-corrected chi connectivity index (χ4v) is 11.4. The number of fused-ring (bicyclic) bond motifs is 2. The van der Waals surface area contributed by atoms with Crippen LogP contribution >= 0.6 is 21.6 Å². The summed E-state index contributed by atoms with van der Waals surface area (Å²) in [4.78, 5) is 161. The largest absolute Gasteiger partial charge is 0.370 e. The lowest BCUT2D eigenvalue weighted by Gasteiger charge is -2.26. The molecule has 0 spiro atoms. The minimum atomic E-state index is -1.40. The van der Waals surface area contributed by atoms with Crippen LogP contribution in [0.15, 0.2) is 85.7 Å². The second-order valence-corrected chi connectivity index (χ2v) is 22.9. The number of hydrogen-bond donors (Lipinski definition) is 14. The standard InChI is InChI=1S/C58H76N18O10S2/c1-3-39-37(23-33-11-5-7-13-41(33)69-39)51(79)71-43(15-17-49(61)77)55(83)73-45(25-35-27-63-31-67-35)57(85)75-47(53(81)65-21-9-19-59)29-87-88-30-48(54(82)66-22-10-20-60)76-58(86)46(26-36-28-64-32-68-36)74-56(84)44(16-18-50(62)78)72-52(80)38-24-34-12-6-8-14-42(34)70-40(38)4-2/h5-8,11-14,23-24,27-28,31-32,43-48H,3-4,9-10,15-22,25-26,29-30,59-60H2,1-2H3,(H2,61,77)(H2,62,78)(H,63,67)(H,64,68)(H,65,81)(H,66,82)(H,71,79)(H,72,80)(H,73,83)(H,74,84)(H,75,85)(H,76,86)/t43-,44-,45-,46-,47-,48-/m0/s1. The van der Waals surface area contributed by atoms with Gasteiger partial charge in [-0.1, -0.05) is 71.8 Å². The summed E-state index contributed by atoms with van der Waals surface area (Å²) in [5, 5.41) is 23.2. The van der Waals surface area contributed by atoms with E-state index >= 15 is 0 Å². The second-order valence-electron chi connectivity index (χ2n) is 20.4. The van der Waals surface area contributed by atoms with Gasteiger partial charge in [0.05, 0.1) is 46.2 Å². The van der Waals surface area contributed by atoms with Gasteiger partial charge in [0.2, 0.25) is 47.3 Å². The number of carbonyl (C=O) groups excluding carboxylic acids is 10. The highest BCUT2D eigenvalue weighted by Crippen LogP contribution is 2.24. The highest BCUT2D eigenvalue weighted by molar-refractivity contribution is 8.76. The molecule has 0 saturated carbocycles. The Morgan fingerprint density at radius 2 is 0.875 bits per heavy atom. The highest BCUT2D eigenvalue weighted by Gasteiger charge is 2.34. The molecule has 4 heterocycles. The van der Waals surface area contributed by atoms with Crippen LogP contribution in [0.1, 0.15) is 95.9 Å². The molecule has 0 radical (unpaired) electrons. The van der Waals surface area contributed by atoms with Crippen LogP contribution < -0.4 is 65.5 Å². The molecule has 0 saturated heterocycles. The Kier molecular flexibility index (Phi) is 27.1. The smallest absolute Gasteiger partial charge is 0.253 e. The zero-order valence-corrected chi connectivity index (χ0v) is 50.5. The topological polar surface area (TPSA) is 454 Å². The van der Waals surface area contributed by atoms with Crippen molar-refractivity contribution in [2.75, 3.05) is 37.7 Å². The fraction of sp³-hybridized carbons (Fsp3) is 0.414. The third-order valence-electron chi connectivity index (χ3n) is 13.8. The number of hydrogen-bond acceptors (Lipinski definition) is 18. The minimum absolute atomic E-state index is 0.131. The molecule has 30 heteroatoms. The maximum atomic E-state index is 14.5. The number of para-hydroxylation sites is 2. The minimum Gasteiger partial charge on any atom is -0.370 e. The Balaban J connectivity index is 1.19. The number of H-pyrrole nitrogens is 2. The summed E-state index contributed by atoms with van der Waals surface area (Å²) in [6.07, 6.45) is 5.77. The summed E-state index contributed by atoms with van der Waals surface area (Å²) in [5.41, 5.74) is 26.0. The first-order valence-corrected chi connectivity index (χ1v) is 31.2. The van der Waals surface area contributed by atoms with Gasteiger partial charge in [-0.2, -0.15) is 0 Å². The first-order chi connectivity index (χ1) is 42.4. The number of carbonyl (C=O) groups is 10. The van der Waals surface area contributed by atoms with Crippen molar-refractivity contribution in [3.8, 4) is 0 Å². The number of aromatic nitrogens is 6. The zero-order chi connectivity index (χ0) is 63.5. The fourth-order valence-electron chi connectivity index (χ4n) is 9.04. The van der Waals surface area contributed by atoms with Crippen LogP contribution in [-0.4, -0.2) is 163 Å². The average Bonchev–Trinajstić information content (AvgIpc) is 2.17. The lowest BCUT2D eigenvalue weighted by molar-refractivity contribution is -0.132. The highest BCUT2D eigenvalue weighted by atomic mass is 33.1. The van der Waals surface area contributed by atoms with E-state index in [4.69, 9.17) is 22.9 Å². The van der Waals surface area contributed by atoms with Crippen molar-refractivity contribution in [1.29, 1.82) is 0 Å². The Morgan fingerprint density at radius 3 is 1.23 bits per heavy atom. The molecule has 470 valence electrons. The van der Waals surface area contributed by atoms with Gasteiger partial charge in [-0.05, 0) is 75.9 Å². The number of benzene rings is 2. The van der Waals surface area contributed by atoms with Crippen LogP contribution in [0, 0.1) is 0 Å². The van der Waals surface area contributed by atoms with Gasteiger partial charge in [0.15, 0.2) is 0 Å². The third kappa shape index (κ3) is 20.9. The zero-order valence-electron chi connectivity index (χ0n) is 48.9. The summed E-state index contributed by atoms with van der Waals surface area (Å²) in [6, 6.07) is 9.63. The number of pyridine rings is 2. The lowest BCUT2D eigenvalue weighted by atomic mass is 10.0. The molecule has 0 aliphatic carbocycles. The molecule has 2 aromatic carbocycles. The van der Waals surface area contributed by atoms with Crippen molar-refractivity contribution in [3.63, 3.8) is 0 Å². The first-order valence-electron chi connectivity index (χ1n) is 28.7. The van der Waals surface area contributed by atoms with Crippen molar-refractivity contribution in [2.45, 2.75) is 114 Å². The SMILES string of the molecule is CCc1nc2ccccc2cc1C(=O)N[C@@H](CCC(N)=O)C(=O)N[C@@H](Cc1cnc[nH]1)C(=O)N[C@@H](CSSC[C@H](NC(=O)[C@H](Cc1cnc[nH]1)NC(=O)[C@H](CCC(N)=O)NC(=O)c1cc2ccccc2nc1CC)C(=O)NCCCN)C(=O)NCCCN. The molecule has 88 heavy (non-hydrogen) atoms. The Hall–Kier alpha value is -9.00. The maximum absolute atomic E-state index is 14.5. The molecule has 0 aliphatic rings. The number of primary amides is 2. The molecule has 6 rings (SSSR count). The Labute approximate surface area is 515 Å². The number of rotatable bonds is 37. The molecule has 6 aromatic rings. The van der Waals surface area contributed by atoms with Gasteiger partial charge in [0.25, 0.3) is 11.8 Å². The van der Waals surface area contributed by atoms with Gasteiger partial charge >= 0.3 is 0 Å². The van der Waals surface area contributed by atoms with Gasteiger partial charge in [-0.3, -0.25) is 57.9 Å². The summed E-state index contributed by atoms with van der Waals surface area (Å²) in [6.45, 7) is 4.44. The van der Waals surface area contributed by atoms with Crippen LogP contribution in [-0.2, 0) is 64.0 Å². The summed E-state index contributed by atoms with van der Waals surface area (Å²) in [5.74, 6) is -7.60. The first kappa shape index (κ1) is 68.1. The van der Waals surface area contributed by atoms with E-state index in [1.807, 2.05) is 38.1 Å². The van der Waals surface area contributed by atoms with Crippen molar-refractivity contribution >= 4 is 102 Å². The van der Waals surface area contributed by atoms with Crippen molar-refractivity contribution < 1.29 is 47.9 Å². The van der Waals surface area contributed by atoms with Gasteiger partial charge in [-0.15, -0.1) is 0 Å². The molecule has 0 aliphatic heterocycles. The number of imidazole rings is 2. The number of nitrogens with zero attached hydrogens (tertiary/aromatic N) is 4. The predicted molar refractivity (Wildman–Crippen MR) is 332 cm³/mol. The number of nitrogens with two attached hydrogens (primary N) is 4. The molecule has 0 fully saturated rings. The molecular formula is C58H76N18O10S2. The molecule has 18 N–H and O–H groups in total. The van der Waals surface area contributed by atoms with Crippen molar-refractivity contribution in [3.05, 3.63) is 120 Å². The summed E-state index contributed by atoms with van der Waals surface area (Å²) >= 11 is 0. The lowest BCUT2D eigenvalue weighted by Crippen LogP contribution is -2.58. The van der Waals surface area contributed by atoms with Crippen LogP contribution in [0.5, 0.6) is 0 Å². The van der Waals surface area contributed by atoms with Crippen LogP contribution in [0.25, 0.3) is 21.8 Å². The monoisotopic (exact) mass is 1250 g/mol. The van der Waals surface area contributed by atoms with Gasteiger partial charge < -0.3 is 75.4 Å². The molecule has 28 nitrogen and oxygen atoms in total. The summed E-state index contributed by atoms with van der Waals surface area (Å²) < 4.78 is 0. The molecular weight excluding hydrogens is 1170 g/mol. The second kappa shape index (κ2) is 35.0. The van der Waals surface area contributed by atoms with Crippen molar-refractivity contribution in [1.82, 2.24) is 72.4 Å². The number of nitrogens with one attached hydrogen (secondary N) is 10. The maximum Gasteiger partial charge on any atom is 0.253 e. The number of amides is 10. The van der Waals surface area contributed by atoms with Crippen LogP contribution in [0.3, 0.4) is 0 Å². The Morgan fingerprint density at radius 1 is 0.500 bits per heavy atom. The van der Waals surface area contributed by atoms with E-state index in [1.165, 1.54) is 25.0 Å². The van der Waals surface area contributed by atoms with E-state index in [1.54, 1.807) is 36.4 Å². The molecule has 0 bridgehead atoms. The third-order valence-corrected chi connectivity index (χ3v) is 16.2. The van der Waals surface area contributed by atoms with E-state index in [0.717, 1.165) is 21.6 Å². The van der Waals surface area contributed by atoms with Gasteiger partial charge in [-0.25, -0.2) is 9.97 Å². The van der Waals surface area contributed by atoms with E-state index in [0.29, 0.717) is 70.3 Å². The van der Waals surface area contributed by atoms with Crippen molar-refractivity contribution in [2.24, 2.45) is 22.9 Å². The molecule has 6 atom stereocenters. The Bertz CT molecular complexity index is 3150. The number of aromatic amines is 2. The van der Waals surface area contributed by atoms with E-state index in [-0.39, 0.29) is 87.3 Å². The quantitative estimate of drug-likeness (QED) is 0.0173. The van der Waals surface area contributed by atoms with Gasteiger partial charge in [0, 0.05) is 84.8 Å². The molecule has 10 amide bonds. The number of aryl methyl sites for hydroxylation is 2. The van der Waals surface area contributed by atoms with E-state index < -0.39 is 95.3 Å². The summed E-state index contributed by atoms with van der Waals surface area (Å²) in [7, 11) is 2.13. The van der Waals surface area contributed by atoms with Crippen LogP contribution in [0.4, 0.5) is 0 Å². The van der Waals surface area contributed by atoms with E-state index in [2.05, 4.69) is 72.4 Å². The normalized spacial score (nSPS) is 13.2. The van der Waals surface area contributed by atoms with E-state index in [9.17, 15) is 47.9 Å². The molecule has 0 unspecified atom stereocenters. The van der Waals surface area contributed by atoms with Crippen LogP contribution in [0.2, 0.25) is 0 Å². The average molecular weight is 1250 g/mol. The van der Waals surface area contributed by atoms with Gasteiger partial charge in [0.1, 0.15) is 36.3 Å². The predicted octanol–water partition coefficient (Wildman–Crippen LogP) is -0.482. The molecule has 4 aromatic heterocycles.